The molecule has 0 saturated carbocycles. The summed E-state index contributed by atoms with van der Waals surface area (Å²) in [5.74, 6) is 0. The van der Waals surface area contributed by atoms with Crippen LogP contribution in [0.1, 0.15) is 12.5 Å². The van der Waals surface area contributed by atoms with E-state index in [0.29, 0.717) is 5.15 Å². The van der Waals surface area contributed by atoms with Gasteiger partial charge in [0.1, 0.15) is 5.15 Å². The summed E-state index contributed by atoms with van der Waals surface area (Å²) in [7, 11) is 0. The number of aromatic nitrogens is 1. The molecule has 0 unspecified atom stereocenters. The van der Waals surface area contributed by atoms with Crippen molar-refractivity contribution < 1.29 is 0 Å². The predicted molar refractivity (Wildman–Crippen MR) is 64.1 cm³/mol. The van der Waals surface area contributed by atoms with Crippen LogP contribution in [0.2, 0.25) is 5.15 Å². The Kier molecular flexibility index (Phi) is 3.02. The molecule has 2 heteroatoms. The summed E-state index contributed by atoms with van der Waals surface area (Å²) in [6, 6.07) is 12.3. The second kappa shape index (κ2) is 4.45. The monoisotopic (exact) mass is 217 g/mol. The van der Waals surface area contributed by atoms with Crippen LogP contribution in [0.25, 0.3) is 11.1 Å². The van der Waals surface area contributed by atoms with Gasteiger partial charge in [-0.2, -0.15) is 0 Å². The van der Waals surface area contributed by atoms with Gasteiger partial charge in [0.25, 0.3) is 0 Å². The van der Waals surface area contributed by atoms with E-state index in [1.54, 1.807) is 6.20 Å². The Morgan fingerprint density at radius 3 is 2.67 bits per heavy atom. The van der Waals surface area contributed by atoms with Crippen molar-refractivity contribution in [1.82, 2.24) is 4.98 Å². The maximum atomic E-state index is 5.75. The third kappa shape index (κ3) is 2.37. The Bertz CT molecular complexity index is 448. The molecule has 0 amide bonds. The first-order valence-electron chi connectivity index (χ1n) is 5.00. The van der Waals surface area contributed by atoms with Gasteiger partial charge in [-0.05, 0) is 29.7 Å². The Labute approximate surface area is 94.7 Å². The molecule has 0 saturated heterocycles. The molecular formula is C13H12ClN. The minimum atomic E-state index is 0.533. The van der Waals surface area contributed by atoms with Gasteiger partial charge in [0.05, 0.1) is 0 Å². The molecule has 1 nitrogen and oxygen atoms in total. The molecule has 0 N–H and O–H groups in total. The number of hydrogen-bond acceptors (Lipinski definition) is 1. The molecule has 1 aromatic carbocycles. The van der Waals surface area contributed by atoms with Gasteiger partial charge in [0.15, 0.2) is 0 Å². The molecule has 0 bridgehead atoms. The second-order valence-electron chi connectivity index (χ2n) is 3.42. The summed E-state index contributed by atoms with van der Waals surface area (Å²) >= 11 is 5.75. The molecule has 0 fully saturated rings. The maximum absolute atomic E-state index is 5.75. The minimum absolute atomic E-state index is 0.533. The molecule has 2 rings (SSSR count). The second-order valence-corrected chi connectivity index (χ2v) is 3.81. The number of nitrogens with zero attached hydrogens (tertiary/aromatic N) is 1. The van der Waals surface area contributed by atoms with Crippen molar-refractivity contribution in [2.45, 2.75) is 13.3 Å². The van der Waals surface area contributed by atoms with E-state index in [2.05, 4.69) is 36.2 Å². The summed E-state index contributed by atoms with van der Waals surface area (Å²) in [5.41, 5.74) is 3.63. The lowest BCUT2D eigenvalue weighted by atomic mass is 10.0. The molecule has 1 heterocycles. The topological polar surface area (TPSA) is 12.9 Å². The van der Waals surface area contributed by atoms with Crippen LogP contribution in [0.15, 0.2) is 42.6 Å². The van der Waals surface area contributed by atoms with Crippen LogP contribution in [0, 0.1) is 0 Å². The van der Waals surface area contributed by atoms with Crippen LogP contribution in [-0.4, -0.2) is 4.98 Å². The van der Waals surface area contributed by atoms with Gasteiger partial charge < -0.3 is 0 Å². The summed E-state index contributed by atoms with van der Waals surface area (Å²) in [4.78, 5) is 4.08. The number of pyridine rings is 1. The first-order valence-corrected chi connectivity index (χ1v) is 5.38. The standard InChI is InChI=1S/C13H12ClN/c1-2-10-4-3-5-11(8-10)12-6-7-13(14)15-9-12/h3-9H,2H2,1H3. The van der Waals surface area contributed by atoms with Gasteiger partial charge in [-0.1, -0.05) is 42.8 Å². The van der Waals surface area contributed by atoms with Crippen LogP contribution < -0.4 is 0 Å². The van der Waals surface area contributed by atoms with Gasteiger partial charge in [0.2, 0.25) is 0 Å². The third-order valence-corrected chi connectivity index (χ3v) is 2.62. The molecule has 15 heavy (non-hydrogen) atoms. The zero-order chi connectivity index (χ0) is 10.7. The van der Waals surface area contributed by atoms with E-state index in [1.165, 1.54) is 11.1 Å². The van der Waals surface area contributed by atoms with Crippen LogP contribution in [0.3, 0.4) is 0 Å². The molecular weight excluding hydrogens is 206 g/mol. The number of benzene rings is 1. The van der Waals surface area contributed by atoms with Gasteiger partial charge in [-0.3, -0.25) is 0 Å². The fourth-order valence-corrected chi connectivity index (χ4v) is 1.63. The largest absolute Gasteiger partial charge is 0.244 e. The normalized spacial score (nSPS) is 10.3. The average Bonchev–Trinajstić information content (AvgIpc) is 2.30. The van der Waals surface area contributed by atoms with Crippen molar-refractivity contribution in [3.05, 3.63) is 53.3 Å². The van der Waals surface area contributed by atoms with Gasteiger partial charge in [-0.15, -0.1) is 0 Å². The van der Waals surface area contributed by atoms with E-state index in [0.717, 1.165) is 12.0 Å². The van der Waals surface area contributed by atoms with E-state index in [9.17, 15) is 0 Å². The molecule has 1 aromatic heterocycles. The lowest BCUT2D eigenvalue weighted by Gasteiger charge is -2.03. The molecule has 76 valence electrons. The molecule has 0 aliphatic carbocycles. The lowest BCUT2D eigenvalue weighted by molar-refractivity contribution is 1.14. The van der Waals surface area contributed by atoms with Crippen molar-refractivity contribution in [3.63, 3.8) is 0 Å². The number of hydrogen-bond donors (Lipinski definition) is 0. The smallest absolute Gasteiger partial charge is 0.129 e. The van der Waals surface area contributed by atoms with Crippen LogP contribution in [0.5, 0.6) is 0 Å². The average molecular weight is 218 g/mol. The number of aryl methyl sites for hydroxylation is 1. The fourth-order valence-electron chi connectivity index (χ4n) is 1.52. The highest BCUT2D eigenvalue weighted by molar-refractivity contribution is 6.29. The number of rotatable bonds is 2. The fraction of sp³-hybridized carbons (Fsp3) is 0.154. The molecule has 0 aliphatic rings. The van der Waals surface area contributed by atoms with Crippen molar-refractivity contribution in [2.24, 2.45) is 0 Å². The molecule has 0 radical (unpaired) electrons. The summed E-state index contributed by atoms with van der Waals surface area (Å²) in [6.07, 6.45) is 2.85. The van der Waals surface area contributed by atoms with Crippen molar-refractivity contribution in [1.29, 1.82) is 0 Å². The van der Waals surface area contributed by atoms with E-state index in [4.69, 9.17) is 11.6 Å². The van der Waals surface area contributed by atoms with Crippen LogP contribution >= 0.6 is 11.6 Å². The Balaban J connectivity index is 2.40. The lowest BCUT2D eigenvalue weighted by Crippen LogP contribution is -1.83. The van der Waals surface area contributed by atoms with E-state index in [-0.39, 0.29) is 0 Å². The first kappa shape index (κ1) is 10.2. The highest BCUT2D eigenvalue weighted by atomic mass is 35.5. The summed E-state index contributed by atoms with van der Waals surface area (Å²) in [6.45, 7) is 2.15. The molecule has 0 atom stereocenters. The van der Waals surface area contributed by atoms with Crippen molar-refractivity contribution in [2.75, 3.05) is 0 Å². The molecule has 0 spiro atoms. The summed E-state index contributed by atoms with van der Waals surface area (Å²) < 4.78 is 0. The highest BCUT2D eigenvalue weighted by Crippen LogP contribution is 2.20. The minimum Gasteiger partial charge on any atom is -0.244 e. The third-order valence-electron chi connectivity index (χ3n) is 2.40. The SMILES string of the molecule is CCc1cccc(-c2ccc(Cl)nc2)c1. The van der Waals surface area contributed by atoms with E-state index in [1.807, 2.05) is 12.1 Å². The zero-order valence-corrected chi connectivity index (χ0v) is 9.33. The highest BCUT2D eigenvalue weighted by Gasteiger charge is 1.98. The molecule has 2 aromatic rings. The molecule has 0 aliphatic heterocycles. The van der Waals surface area contributed by atoms with Gasteiger partial charge in [0, 0.05) is 11.8 Å². The van der Waals surface area contributed by atoms with Crippen LogP contribution in [-0.2, 0) is 6.42 Å². The quantitative estimate of drug-likeness (QED) is 0.694. The Hall–Kier alpha value is -1.34. The van der Waals surface area contributed by atoms with E-state index < -0.39 is 0 Å². The Morgan fingerprint density at radius 2 is 2.00 bits per heavy atom. The van der Waals surface area contributed by atoms with Crippen molar-refractivity contribution in [3.8, 4) is 11.1 Å². The number of halogens is 1. The van der Waals surface area contributed by atoms with Crippen LogP contribution in [0.4, 0.5) is 0 Å². The van der Waals surface area contributed by atoms with E-state index >= 15 is 0 Å². The Morgan fingerprint density at radius 1 is 1.13 bits per heavy atom. The zero-order valence-electron chi connectivity index (χ0n) is 8.57. The maximum Gasteiger partial charge on any atom is 0.129 e. The predicted octanol–water partition coefficient (Wildman–Crippen LogP) is 3.96. The summed E-state index contributed by atoms with van der Waals surface area (Å²) in [5, 5.41) is 0.533. The van der Waals surface area contributed by atoms with Gasteiger partial charge >= 0.3 is 0 Å². The van der Waals surface area contributed by atoms with Crippen molar-refractivity contribution >= 4 is 11.6 Å². The van der Waals surface area contributed by atoms with Gasteiger partial charge in [-0.25, -0.2) is 4.98 Å². The first-order chi connectivity index (χ1) is 7.29.